The summed E-state index contributed by atoms with van der Waals surface area (Å²) in [6.07, 6.45) is 5.55. The van der Waals surface area contributed by atoms with Crippen LogP contribution in [0.1, 0.15) is 57.1 Å². The fourth-order valence-electron chi connectivity index (χ4n) is 5.42. The second-order valence-electron chi connectivity index (χ2n) is 8.07. The van der Waals surface area contributed by atoms with Crippen molar-refractivity contribution in [2.24, 2.45) is 11.3 Å². The molecule has 146 valence electrons. The van der Waals surface area contributed by atoms with Crippen LogP contribution in [0.25, 0.3) is 5.57 Å². The van der Waals surface area contributed by atoms with Crippen molar-refractivity contribution >= 4 is 21.9 Å². The van der Waals surface area contributed by atoms with Gasteiger partial charge in [0.25, 0.3) is 0 Å². The molecule has 1 fully saturated rings. The second-order valence-corrected chi connectivity index (χ2v) is 9.09. The van der Waals surface area contributed by atoms with E-state index in [-0.39, 0.29) is 23.2 Å². The van der Waals surface area contributed by atoms with E-state index >= 15 is 0 Å². The summed E-state index contributed by atoms with van der Waals surface area (Å²) >= 11 is 0. The molecule has 0 saturated heterocycles. The third-order valence-electron chi connectivity index (χ3n) is 6.55. The van der Waals surface area contributed by atoms with Crippen LogP contribution in [0.4, 0.5) is 0 Å². The molecule has 1 N–H and O–H groups in total. The van der Waals surface area contributed by atoms with Crippen LogP contribution < -0.4 is 4.18 Å². The summed E-state index contributed by atoms with van der Waals surface area (Å²) in [5.41, 5.74) is 5.01. The van der Waals surface area contributed by atoms with Crippen molar-refractivity contribution in [1.82, 2.24) is 0 Å². The van der Waals surface area contributed by atoms with E-state index in [9.17, 15) is 13.2 Å². The van der Waals surface area contributed by atoms with Crippen molar-refractivity contribution < 1.29 is 26.7 Å². The van der Waals surface area contributed by atoms with Crippen molar-refractivity contribution in [1.29, 1.82) is 0 Å². The van der Waals surface area contributed by atoms with Crippen molar-refractivity contribution in [3.63, 3.8) is 0 Å². The third kappa shape index (κ3) is 3.27. The van der Waals surface area contributed by atoms with Crippen LogP contribution in [0.3, 0.4) is 0 Å². The van der Waals surface area contributed by atoms with Gasteiger partial charge in [0.1, 0.15) is 11.9 Å². The summed E-state index contributed by atoms with van der Waals surface area (Å²) in [5.74, 6) is 0.353. The minimum Gasteiger partial charge on any atom is -0.462 e. The highest BCUT2D eigenvalue weighted by Crippen LogP contribution is 2.58. The Balaban J connectivity index is 1.67. The van der Waals surface area contributed by atoms with Crippen molar-refractivity contribution in [2.45, 2.75) is 58.5 Å². The van der Waals surface area contributed by atoms with Crippen LogP contribution in [-0.2, 0) is 26.4 Å². The molecule has 3 aliphatic carbocycles. The predicted octanol–water partition coefficient (Wildman–Crippen LogP) is 3.71. The SMILES string of the molecule is CC(=O)O[C@@H]1CC[C@H]2C3=C(CC[C@]12C)c1ccc(OS(=O)(=O)O)cc1CC3. The van der Waals surface area contributed by atoms with E-state index in [1.165, 1.54) is 18.1 Å². The molecule has 0 bridgehead atoms. The van der Waals surface area contributed by atoms with E-state index < -0.39 is 10.4 Å². The number of hydrogen-bond donors (Lipinski definition) is 1. The quantitative estimate of drug-likeness (QED) is 0.623. The molecule has 3 atom stereocenters. The summed E-state index contributed by atoms with van der Waals surface area (Å²) in [5, 5.41) is 0. The largest absolute Gasteiger partial charge is 0.462 e. The van der Waals surface area contributed by atoms with Crippen molar-refractivity contribution in [3.8, 4) is 5.75 Å². The average molecular weight is 392 g/mol. The minimum atomic E-state index is -4.52. The Morgan fingerprint density at radius 3 is 2.70 bits per heavy atom. The summed E-state index contributed by atoms with van der Waals surface area (Å²) in [6, 6.07) is 5.19. The molecular weight excluding hydrogens is 368 g/mol. The monoisotopic (exact) mass is 392 g/mol. The molecule has 3 aliphatic rings. The van der Waals surface area contributed by atoms with E-state index in [0.29, 0.717) is 5.92 Å². The zero-order chi connectivity index (χ0) is 19.4. The molecule has 4 rings (SSSR count). The Hall–Kier alpha value is -1.86. The van der Waals surface area contributed by atoms with Crippen LogP contribution in [0.15, 0.2) is 23.8 Å². The van der Waals surface area contributed by atoms with Gasteiger partial charge in [-0.25, -0.2) is 0 Å². The number of hydrogen-bond acceptors (Lipinski definition) is 5. The molecule has 0 radical (unpaired) electrons. The lowest BCUT2D eigenvalue weighted by Crippen LogP contribution is -2.39. The predicted molar refractivity (Wildman–Crippen MR) is 99.5 cm³/mol. The van der Waals surface area contributed by atoms with Gasteiger partial charge in [0, 0.05) is 12.3 Å². The molecular formula is C20H24O6S. The molecule has 0 spiro atoms. The van der Waals surface area contributed by atoms with Gasteiger partial charge in [-0.3, -0.25) is 9.35 Å². The molecule has 0 unspecified atom stereocenters. The zero-order valence-corrected chi connectivity index (χ0v) is 16.3. The van der Waals surface area contributed by atoms with Crippen LogP contribution >= 0.6 is 0 Å². The molecule has 0 heterocycles. The van der Waals surface area contributed by atoms with Crippen LogP contribution in [0, 0.1) is 11.3 Å². The first-order valence-corrected chi connectivity index (χ1v) is 10.7. The van der Waals surface area contributed by atoms with Gasteiger partial charge in [0.05, 0.1) is 0 Å². The molecule has 1 saturated carbocycles. The Morgan fingerprint density at radius 2 is 2.00 bits per heavy atom. The van der Waals surface area contributed by atoms with E-state index in [0.717, 1.165) is 49.7 Å². The lowest BCUT2D eigenvalue weighted by atomic mass is 9.62. The number of fused-ring (bicyclic) bond motifs is 4. The fourth-order valence-corrected chi connectivity index (χ4v) is 5.76. The second kappa shape index (κ2) is 6.34. The van der Waals surface area contributed by atoms with Gasteiger partial charge in [0.2, 0.25) is 0 Å². The van der Waals surface area contributed by atoms with E-state index in [1.54, 1.807) is 12.1 Å². The first-order valence-electron chi connectivity index (χ1n) is 9.37. The van der Waals surface area contributed by atoms with E-state index in [1.807, 2.05) is 6.07 Å². The Bertz CT molecular complexity index is 932. The standard InChI is InChI=1S/C20H24O6S/c1-12(21)25-19-8-7-18-17-5-3-13-11-14(26-27(22,23)24)4-6-15(13)16(17)9-10-20(18,19)2/h4,6,11,18-19H,3,5,7-10H2,1-2H3,(H,22,23,24)/t18-,19+,20-/m0/s1. The number of ether oxygens (including phenoxy) is 1. The highest BCUT2D eigenvalue weighted by atomic mass is 32.3. The maximum Gasteiger partial charge on any atom is 0.446 e. The molecule has 0 aliphatic heterocycles. The molecule has 27 heavy (non-hydrogen) atoms. The lowest BCUT2D eigenvalue weighted by molar-refractivity contribution is -0.152. The van der Waals surface area contributed by atoms with Crippen LogP contribution in [0.2, 0.25) is 0 Å². The number of benzene rings is 1. The Labute approximate surface area is 159 Å². The van der Waals surface area contributed by atoms with E-state index in [4.69, 9.17) is 9.29 Å². The molecule has 6 nitrogen and oxygen atoms in total. The van der Waals surface area contributed by atoms with E-state index in [2.05, 4.69) is 11.1 Å². The number of carbonyl (C=O) groups excluding carboxylic acids is 1. The highest BCUT2D eigenvalue weighted by molar-refractivity contribution is 7.81. The maximum absolute atomic E-state index is 11.5. The van der Waals surface area contributed by atoms with Crippen LogP contribution in [0.5, 0.6) is 5.75 Å². The first kappa shape index (κ1) is 18.5. The number of aryl methyl sites for hydroxylation is 1. The summed E-state index contributed by atoms with van der Waals surface area (Å²) < 4.78 is 41.0. The van der Waals surface area contributed by atoms with Gasteiger partial charge in [0.15, 0.2) is 0 Å². The first-order chi connectivity index (χ1) is 12.7. The topological polar surface area (TPSA) is 89.9 Å². The van der Waals surface area contributed by atoms with Crippen molar-refractivity contribution in [2.75, 3.05) is 0 Å². The minimum absolute atomic E-state index is 0.00394. The van der Waals surface area contributed by atoms with Gasteiger partial charge in [-0.2, -0.15) is 8.42 Å². The third-order valence-corrected chi connectivity index (χ3v) is 6.95. The van der Waals surface area contributed by atoms with Crippen molar-refractivity contribution in [3.05, 3.63) is 34.9 Å². The summed E-state index contributed by atoms with van der Waals surface area (Å²) in [7, 11) is -4.52. The molecule has 7 heteroatoms. The lowest BCUT2D eigenvalue weighted by Gasteiger charge is -2.44. The smallest absolute Gasteiger partial charge is 0.446 e. The fraction of sp³-hybridized carbons (Fsp3) is 0.550. The van der Waals surface area contributed by atoms with Gasteiger partial charge in [-0.15, -0.1) is 0 Å². The zero-order valence-electron chi connectivity index (χ0n) is 15.5. The van der Waals surface area contributed by atoms with Gasteiger partial charge >= 0.3 is 16.4 Å². The number of rotatable bonds is 3. The molecule has 0 aromatic heterocycles. The van der Waals surface area contributed by atoms with Gasteiger partial charge < -0.3 is 8.92 Å². The van der Waals surface area contributed by atoms with Gasteiger partial charge in [-0.1, -0.05) is 18.6 Å². The Kier molecular flexibility index (Phi) is 4.35. The Morgan fingerprint density at radius 1 is 1.22 bits per heavy atom. The molecule has 1 aromatic rings. The maximum atomic E-state index is 11.5. The summed E-state index contributed by atoms with van der Waals surface area (Å²) in [4.78, 5) is 11.5. The number of carbonyl (C=O) groups is 1. The number of esters is 1. The molecule has 1 aromatic carbocycles. The normalized spacial score (nSPS) is 29.6. The van der Waals surface area contributed by atoms with Crippen LogP contribution in [-0.4, -0.2) is 25.0 Å². The molecule has 0 amide bonds. The van der Waals surface area contributed by atoms with Gasteiger partial charge in [-0.05, 0) is 73.3 Å². The average Bonchev–Trinajstić information content (AvgIpc) is 2.89. The number of allylic oxidation sites excluding steroid dienone is 2. The highest BCUT2D eigenvalue weighted by Gasteiger charge is 2.52. The summed E-state index contributed by atoms with van der Waals surface area (Å²) in [6.45, 7) is 3.73.